The molecule has 2 unspecified atom stereocenters. The van der Waals surface area contributed by atoms with Gasteiger partial charge in [0, 0.05) is 17.7 Å². The van der Waals surface area contributed by atoms with Crippen LogP contribution in [0, 0.1) is 15.9 Å². The third-order valence-corrected chi connectivity index (χ3v) is 6.45. The first-order valence-corrected chi connectivity index (χ1v) is 12.1. The summed E-state index contributed by atoms with van der Waals surface area (Å²) in [7, 11) is -4.47. The topological polar surface area (TPSA) is 145 Å². The third-order valence-electron chi connectivity index (χ3n) is 4.47. The predicted octanol–water partition coefficient (Wildman–Crippen LogP) is 4.11. The predicted molar refractivity (Wildman–Crippen MR) is 121 cm³/mol. The van der Waals surface area contributed by atoms with Gasteiger partial charge in [-0.15, -0.1) is 0 Å². The van der Waals surface area contributed by atoms with Crippen LogP contribution in [0.3, 0.4) is 0 Å². The van der Waals surface area contributed by atoms with Gasteiger partial charge in [0.1, 0.15) is 34.8 Å². The molecule has 1 aromatic carbocycles. The molecule has 11 nitrogen and oxygen atoms in total. The fraction of sp³-hybridized carbons (Fsp3) is 0.571. The number of nitro benzene ring substituents is 1. The number of hydrogen-bond acceptors (Lipinski definition) is 9. The third kappa shape index (κ3) is 6.93. The second-order valence-electron chi connectivity index (χ2n) is 9.73. The monoisotopic (exact) mass is 519 g/mol. The number of ether oxygens (including phenoxy) is 2. The molecule has 0 N–H and O–H groups in total. The second-order valence-corrected chi connectivity index (χ2v) is 12.0. The molecule has 0 spiro atoms. The summed E-state index contributed by atoms with van der Waals surface area (Å²) in [5, 5.41) is 9.07. The highest BCUT2D eigenvalue weighted by Gasteiger charge is 2.47. The lowest BCUT2D eigenvalue weighted by molar-refractivity contribution is -0.385. The van der Waals surface area contributed by atoms with Crippen molar-refractivity contribution in [1.82, 2.24) is 4.90 Å². The number of nitro groups is 1. The number of aliphatic imine (C=N–C) groups is 1. The quantitative estimate of drug-likeness (QED) is 0.428. The average Bonchev–Trinajstić information content (AvgIpc) is 2.64. The molecule has 1 aromatic rings. The van der Waals surface area contributed by atoms with Crippen LogP contribution in [0.1, 0.15) is 53.1 Å². The molecule has 0 aromatic heterocycles. The Balaban J connectivity index is 2.75. The van der Waals surface area contributed by atoms with Crippen LogP contribution in [0.15, 0.2) is 23.2 Å². The van der Waals surface area contributed by atoms with Crippen molar-refractivity contribution in [3.8, 4) is 0 Å². The highest BCUT2D eigenvalue weighted by atomic mass is 32.2. The maximum absolute atomic E-state index is 14.6. The molecule has 0 radical (unpaired) electrons. The van der Waals surface area contributed by atoms with Gasteiger partial charge in [-0.2, -0.15) is 4.90 Å². The minimum absolute atomic E-state index is 0.166. The van der Waals surface area contributed by atoms with Gasteiger partial charge < -0.3 is 9.47 Å². The van der Waals surface area contributed by atoms with E-state index < -0.39 is 84.8 Å². The van der Waals surface area contributed by atoms with E-state index in [2.05, 4.69) is 4.99 Å². The Labute approximate surface area is 201 Å². The van der Waals surface area contributed by atoms with Gasteiger partial charge in [-0.3, -0.25) is 15.1 Å². The summed E-state index contributed by atoms with van der Waals surface area (Å²) in [5.41, 5.74) is -3.32. The first-order chi connectivity index (χ1) is 15.9. The lowest BCUT2D eigenvalue weighted by atomic mass is 10.1. The lowest BCUT2D eigenvalue weighted by Gasteiger charge is -2.34. The van der Waals surface area contributed by atoms with Crippen molar-refractivity contribution in [3.63, 3.8) is 0 Å². The Morgan fingerprint density at radius 2 is 1.66 bits per heavy atom. The Hall–Kier alpha value is -3.16. The number of benzene rings is 1. The first-order valence-electron chi connectivity index (χ1n) is 10.4. The highest BCUT2D eigenvalue weighted by molar-refractivity contribution is 7.92. The number of nitrogens with zero attached hydrogens (tertiary/aromatic N) is 3. The zero-order valence-electron chi connectivity index (χ0n) is 20.1. The number of sulfone groups is 1. The van der Waals surface area contributed by atoms with Crippen LogP contribution in [0.5, 0.6) is 0 Å². The number of carbonyl (C=O) groups excluding carboxylic acids is 2. The summed E-state index contributed by atoms with van der Waals surface area (Å²) in [6.07, 6.45) is -2.78. The molecule has 0 fully saturated rings. The number of halogens is 2. The maximum atomic E-state index is 14.6. The molecule has 194 valence electrons. The van der Waals surface area contributed by atoms with Crippen LogP contribution in [0.2, 0.25) is 0 Å². The maximum Gasteiger partial charge on any atom is 0.425 e. The number of carbonyl (C=O) groups is 2. The number of non-ortho nitro benzene ring substituents is 1. The van der Waals surface area contributed by atoms with Gasteiger partial charge in [0.15, 0.2) is 9.84 Å². The zero-order valence-corrected chi connectivity index (χ0v) is 20.9. The summed E-state index contributed by atoms with van der Waals surface area (Å²) in [4.78, 5) is 40.4. The standard InChI is InChI=1S/C21H27F2N3O8S/c1-20(2,3)33-18(27)25(19(28)34-21(4,5)6)17-16(10-22)35(31,32)11-15(24-17)13-9-12(26(29)30)7-8-14(13)23/h7-9,15-16H,10-11H2,1-6H3. The van der Waals surface area contributed by atoms with Gasteiger partial charge in [-0.1, -0.05) is 0 Å². The molecule has 1 aliphatic rings. The fourth-order valence-corrected chi connectivity index (χ4v) is 4.69. The Morgan fingerprint density at radius 1 is 1.14 bits per heavy atom. The smallest absolute Gasteiger partial charge is 0.425 e. The van der Waals surface area contributed by atoms with Gasteiger partial charge in [-0.25, -0.2) is 26.8 Å². The van der Waals surface area contributed by atoms with E-state index >= 15 is 0 Å². The Kier molecular flexibility index (Phi) is 7.89. The summed E-state index contributed by atoms with van der Waals surface area (Å²) < 4.78 is 64.9. The van der Waals surface area contributed by atoms with Crippen molar-refractivity contribution < 1.29 is 41.2 Å². The van der Waals surface area contributed by atoms with Gasteiger partial charge >= 0.3 is 12.2 Å². The van der Waals surface area contributed by atoms with E-state index in [1.165, 1.54) is 41.5 Å². The van der Waals surface area contributed by atoms with Crippen LogP contribution in [-0.4, -0.2) is 65.1 Å². The Morgan fingerprint density at radius 3 is 2.09 bits per heavy atom. The molecular formula is C21H27F2N3O8S. The second kappa shape index (κ2) is 9.84. The van der Waals surface area contributed by atoms with E-state index in [-0.39, 0.29) is 4.90 Å². The minimum Gasteiger partial charge on any atom is -0.443 e. The molecule has 2 amide bonds. The van der Waals surface area contributed by atoms with Crippen LogP contribution in [0.4, 0.5) is 24.1 Å². The summed E-state index contributed by atoms with van der Waals surface area (Å²) in [6, 6.07) is 0.803. The van der Waals surface area contributed by atoms with E-state index in [1.807, 2.05) is 0 Å². The van der Waals surface area contributed by atoms with Crippen molar-refractivity contribution in [2.45, 2.75) is 64.0 Å². The van der Waals surface area contributed by atoms with Crippen LogP contribution < -0.4 is 0 Å². The zero-order chi connectivity index (χ0) is 26.9. The summed E-state index contributed by atoms with van der Waals surface area (Å²) >= 11 is 0. The van der Waals surface area contributed by atoms with Crippen molar-refractivity contribution in [2.24, 2.45) is 4.99 Å². The number of amidine groups is 1. The van der Waals surface area contributed by atoms with Crippen molar-refractivity contribution in [2.75, 3.05) is 12.4 Å². The molecule has 2 atom stereocenters. The molecule has 2 rings (SSSR count). The number of imide groups is 1. The number of hydrogen-bond donors (Lipinski definition) is 0. The van der Waals surface area contributed by atoms with E-state index in [9.17, 15) is 36.9 Å². The van der Waals surface area contributed by atoms with E-state index in [0.717, 1.165) is 18.2 Å². The fourth-order valence-electron chi connectivity index (χ4n) is 3.08. The number of rotatable bonds is 3. The van der Waals surface area contributed by atoms with E-state index in [0.29, 0.717) is 0 Å². The van der Waals surface area contributed by atoms with Gasteiger partial charge in [-0.05, 0) is 47.6 Å². The van der Waals surface area contributed by atoms with Crippen molar-refractivity contribution in [3.05, 3.63) is 39.7 Å². The molecule has 14 heteroatoms. The summed E-state index contributed by atoms with van der Waals surface area (Å²) in [5.74, 6) is -2.81. The molecule has 1 heterocycles. The van der Waals surface area contributed by atoms with E-state index in [4.69, 9.17) is 9.47 Å². The average molecular weight is 520 g/mol. The lowest BCUT2D eigenvalue weighted by Crippen LogP contribution is -2.55. The molecule has 0 bridgehead atoms. The molecule has 0 saturated heterocycles. The van der Waals surface area contributed by atoms with Crippen molar-refractivity contribution >= 4 is 33.5 Å². The molecule has 0 aliphatic carbocycles. The minimum atomic E-state index is -4.47. The molecule has 1 aliphatic heterocycles. The van der Waals surface area contributed by atoms with Crippen LogP contribution >= 0.6 is 0 Å². The Bertz CT molecular complexity index is 1130. The van der Waals surface area contributed by atoms with Gasteiger partial charge in [0.05, 0.1) is 16.7 Å². The van der Waals surface area contributed by atoms with Gasteiger partial charge in [0.2, 0.25) is 0 Å². The van der Waals surface area contributed by atoms with Crippen LogP contribution in [-0.2, 0) is 19.3 Å². The normalized spacial score (nSPS) is 19.9. The largest absolute Gasteiger partial charge is 0.443 e. The van der Waals surface area contributed by atoms with Crippen LogP contribution in [0.25, 0.3) is 0 Å². The number of alkyl halides is 1. The SMILES string of the molecule is CC(C)(C)OC(=O)N(C(=O)OC(C)(C)C)C1=NC(c2cc([N+](=O)[O-])ccc2F)CS(=O)(=O)C1CF. The number of amides is 2. The molecule has 0 saturated carbocycles. The highest BCUT2D eigenvalue weighted by Crippen LogP contribution is 2.33. The van der Waals surface area contributed by atoms with E-state index in [1.54, 1.807) is 0 Å². The summed E-state index contributed by atoms with van der Waals surface area (Å²) in [6.45, 7) is 7.30. The molecule has 35 heavy (non-hydrogen) atoms. The van der Waals surface area contributed by atoms with Crippen molar-refractivity contribution in [1.29, 1.82) is 0 Å². The first kappa shape index (κ1) is 28.1. The molecular weight excluding hydrogens is 492 g/mol. The van der Waals surface area contributed by atoms with Gasteiger partial charge in [0.25, 0.3) is 5.69 Å².